The number of alkyl carbamates (subject to hydrolysis) is 1. The Bertz CT molecular complexity index is 325. The van der Waals surface area contributed by atoms with E-state index in [9.17, 15) is 4.79 Å². The van der Waals surface area contributed by atoms with E-state index in [0.717, 1.165) is 12.2 Å². The van der Waals surface area contributed by atoms with E-state index in [1.165, 1.54) is 0 Å². The maximum atomic E-state index is 11.1. The number of carbonyl (C=O) groups excluding carboxylic acids is 1. The number of aromatic nitrogens is 1. The maximum absolute atomic E-state index is 11.1. The standard InChI is InChI=1S/C10H12N2O3/c13-10(12-5-9-7-14-9)15-6-8-2-1-3-11-4-8/h1-4,9H,5-7H2,(H,12,13)/t9-/m1/s1. The number of nitrogens with one attached hydrogen (secondary N) is 1. The van der Waals surface area contributed by atoms with Crippen molar-refractivity contribution in [3.8, 4) is 0 Å². The largest absolute Gasteiger partial charge is 0.445 e. The van der Waals surface area contributed by atoms with Gasteiger partial charge in [-0.3, -0.25) is 4.98 Å². The van der Waals surface area contributed by atoms with Gasteiger partial charge in [0.1, 0.15) is 6.61 Å². The van der Waals surface area contributed by atoms with Gasteiger partial charge in [-0.25, -0.2) is 4.79 Å². The third-order valence-corrected chi connectivity index (χ3v) is 1.97. The van der Waals surface area contributed by atoms with E-state index in [0.29, 0.717) is 6.54 Å². The van der Waals surface area contributed by atoms with Crippen molar-refractivity contribution >= 4 is 6.09 Å². The minimum absolute atomic E-state index is 0.177. The fourth-order valence-corrected chi connectivity index (χ4v) is 1.07. The number of ether oxygens (including phenoxy) is 2. The zero-order valence-corrected chi connectivity index (χ0v) is 8.18. The Hall–Kier alpha value is -1.62. The Labute approximate surface area is 87.4 Å². The van der Waals surface area contributed by atoms with Crippen LogP contribution in [-0.4, -0.2) is 30.3 Å². The van der Waals surface area contributed by atoms with E-state index in [1.54, 1.807) is 18.5 Å². The van der Waals surface area contributed by atoms with Gasteiger partial charge in [-0.15, -0.1) is 0 Å². The lowest BCUT2D eigenvalue weighted by Crippen LogP contribution is -2.27. The van der Waals surface area contributed by atoms with Crippen molar-refractivity contribution in [3.05, 3.63) is 30.1 Å². The summed E-state index contributed by atoms with van der Waals surface area (Å²) >= 11 is 0. The fraction of sp³-hybridized carbons (Fsp3) is 0.400. The molecule has 1 aromatic heterocycles. The first-order valence-corrected chi connectivity index (χ1v) is 4.76. The number of rotatable bonds is 4. The van der Waals surface area contributed by atoms with E-state index in [1.807, 2.05) is 6.07 Å². The predicted molar refractivity (Wildman–Crippen MR) is 52.2 cm³/mol. The SMILES string of the molecule is O=C(NC[C@@H]1CO1)OCc1cccnc1. The molecule has 5 heteroatoms. The van der Waals surface area contributed by atoms with Crippen molar-refractivity contribution in [3.63, 3.8) is 0 Å². The number of carbonyl (C=O) groups is 1. The van der Waals surface area contributed by atoms with E-state index in [4.69, 9.17) is 9.47 Å². The van der Waals surface area contributed by atoms with Gasteiger partial charge in [0.05, 0.1) is 12.7 Å². The van der Waals surface area contributed by atoms with Crippen molar-refractivity contribution < 1.29 is 14.3 Å². The van der Waals surface area contributed by atoms with Crippen LogP contribution < -0.4 is 5.32 Å². The van der Waals surface area contributed by atoms with Crippen LogP contribution >= 0.6 is 0 Å². The highest BCUT2D eigenvalue weighted by Gasteiger charge is 2.22. The summed E-state index contributed by atoms with van der Waals surface area (Å²) in [6, 6.07) is 3.65. The molecule has 1 atom stereocenters. The van der Waals surface area contributed by atoms with E-state index < -0.39 is 6.09 Å². The number of nitrogens with zero attached hydrogens (tertiary/aromatic N) is 1. The van der Waals surface area contributed by atoms with E-state index in [-0.39, 0.29) is 12.7 Å². The van der Waals surface area contributed by atoms with Gasteiger partial charge >= 0.3 is 6.09 Å². The zero-order chi connectivity index (χ0) is 10.5. The van der Waals surface area contributed by atoms with Gasteiger partial charge in [-0.05, 0) is 6.07 Å². The predicted octanol–water partition coefficient (Wildman–Crippen LogP) is 0.707. The summed E-state index contributed by atoms with van der Waals surface area (Å²) in [5.74, 6) is 0. The summed E-state index contributed by atoms with van der Waals surface area (Å²) in [6.45, 7) is 1.49. The molecule has 0 radical (unpaired) electrons. The summed E-state index contributed by atoms with van der Waals surface area (Å²) in [4.78, 5) is 15.1. The van der Waals surface area contributed by atoms with Crippen LogP contribution in [0.4, 0.5) is 4.79 Å². The Morgan fingerprint density at radius 3 is 3.27 bits per heavy atom. The smallest absolute Gasteiger partial charge is 0.407 e. The van der Waals surface area contributed by atoms with Crippen molar-refractivity contribution in [2.45, 2.75) is 12.7 Å². The molecule has 80 valence electrons. The minimum Gasteiger partial charge on any atom is -0.445 e. The topological polar surface area (TPSA) is 63.8 Å². The molecule has 1 N–H and O–H groups in total. The molecule has 2 rings (SSSR count). The first kappa shape index (κ1) is 9.92. The van der Waals surface area contributed by atoms with Gasteiger partial charge < -0.3 is 14.8 Å². The van der Waals surface area contributed by atoms with Crippen molar-refractivity contribution in [1.82, 2.24) is 10.3 Å². The molecule has 2 heterocycles. The number of amides is 1. The van der Waals surface area contributed by atoms with Crippen LogP contribution in [-0.2, 0) is 16.1 Å². The van der Waals surface area contributed by atoms with Crippen LogP contribution in [0.2, 0.25) is 0 Å². The van der Waals surface area contributed by atoms with Gasteiger partial charge in [0.2, 0.25) is 0 Å². The van der Waals surface area contributed by atoms with Crippen LogP contribution in [0, 0.1) is 0 Å². The first-order chi connectivity index (χ1) is 7.34. The van der Waals surface area contributed by atoms with Crippen LogP contribution in [0.1, 0.15) is 5.56 Å². The first-order valence-electron chi connectivity index (χ1n) is 4.76. The molecular formula is C10H12N2O3. The van der Waals surface area contributed by atoms with Crippen molar-refractivity contribution in [2.24, 2.45) is 0 Å². The second kappa shape index (κ2) is 4.75. The lowest BCUT2D eigenvalue weighted by atomic mass is 10.3. The Balaban J connectivity index is 1.66. The van der Waals surface area contributed by atoms with Crippen molar-refractivity contribution in [1.29, 1.82) is 0 Å². The number of epoxide rings is 1. The zero-order valence-electron chi connectivity index (χ0n) is 8.18. The number of hydrogen-bond acceptors (Lipinski definition) is 4. The summed E-state index contributed by atoms with van der Waals surface area (Å²) in [6.07, 6.45) is 3.09. The van der Waals surface area contributed by atoms with Crippen LogP contribution in [0.15, 0.2) is 24.5 Å². The highest BCUT2D eigenvalue weighted by atomic mass is 16.6. The normalized spacial score (nSPS) is 18.3. The van der Waals surface area contributed by atoms with Crippen molar-refractivity contribution in [2.75, 3.05) is 13.2 Å². The monoisotopic (exact) mass is 208 g/mol. The van der Waals surface area contributed by atoms with Gasteiger partial charge in [-0.1, -0.05) is 6.07 Å². The van der Waals surface area contributed by atoms with E-state index >= 15 is 0 Å². The van der Waals surface area contributed by atoms with Crippen LogP contribution in [0.3, 0.4) is 0 Å². The molecule has 0 saturated carbocycles. The van der Waals surface area contributed by atoms with E-state index in [2.05, 4.69) is 10.3 Å². The average molecular weight is 208 g/mol. The third-order valence-electron chi connectivity index (χ3n) is 1.97. The van der Waals surface area contributed by atoms with Crippen LogP contribution in [0.25, 0.3) is 0 Å². The van der Waals surface area contributed by atoms with Gasteiger partial charge in [0.15, 0.2) is 0 Å². The highest BCUT2D eigenvalue weighted by Crippen LogP contribution is 2.06. The molecule has 1 amide bonds. The minimum atomic E-state index is -0.422. The summed E-state index contributed by atoms with van der Waals surface area (Å²) < 4.78 is 9.90. The Morgan fingerprint density at radius 2 is 2.60 bits per heavy atom. The Kier molecular flexibility index (Phi) is 3.14. The summed E-state index contributed by atoms with van der Waals surface area (Å²) in [5.41, 5.74) is 0.871. The fourth-order valence-electron chi connectivity index (χ4n) is 1.07. The molecule has 1 fully saturated rings. The molecule has 15 heavy (non-hydrogen) atoms. The Morgan fingerprint density at radius 1 is 1.73 bits per heavy atom. The quantitative estimate of drug-likeness (QED) is 0.740. The highest BCUT2D eigenvalue weighted by molar-refractivity contribution is 5.67. The molecule has 0 aliphatic carbocycles. The number of pyridine rings is 1. The summed E-state index contributed by atoms with van der Waals surface area (Å²) in [7, 11) is 0. The second-order valence-electron chi connectivity index (χ2n) is 3.27. The van der Waals surface area contributed by atoms with Gasteiger partial charge in [-0.2, -0.15) is 0 Å². The second-order valence-corrected chi connectivity index (χ2v) is 3.27. The van der Waals surface area contributed by atoms with Crippen LogP contribution in [0.5, 0.6) is 0 Å². The summed E-state index contributed by atoms with van der Waals surface area (Å²) in [5, 5.41) is 2.61. The third kappa shape index (κ3) is 3.55. The maximum Gasteiger partial charge on any atom is 0.407 e. The molecule has 1 saturated heterocycles. The molecule has 5 nitrogen and oxygen atoms in total. The van der Waals surface area contributed by atoms with Gasteiger partial charge in [0.25, 0.3) is 0 Å². The molecule has 0 spiro atoms. The number of hydrogen-bond donors (Lipinski definition) is 1. The lowest BCUT2D eigenvalue weighted by Gasteiger charge is -2.05. The molecule has 1 aromatic rings. The molecule has 1 aliphatic rings. The average Bonchev–Trinajstić information content (AvgIpc) is 3.09. The van der Waals surface area contributed by atoms with Gasteiger partial charge in [0, 0.05) is 24.5 Å². The molecule has 0 bridgehead atoms. The molecular weight excluding hydrogens is 196 g/mol. The molecule has 0 aromatic carbocycles. The lowest BCUT2D eigenvalue weighted by molar-refractivity contribution is 0.138. The molecule has 1 aliphatic heterocycles. The molecule has 0 unspecified atom stereocenters.